The Balaban J connectivity index is 1.80. The molecule has 1 aromatic heterocycles. The van der Waals surface area contributed by atoms with E-state index < -0.39 is 0 Å². The van der Waals surface area contributed by atoms with Crippen LogP contribution in [-0.4, -0.2) is 14.8 Å². The van der Waals surface area contributed by atoms with Crippen molar-refractivity contribution in [2.45, 2.75) is 5.88 Å². The van der Waals surface area contributed by atoms with Crippen molar-refractivity contribution in [2.24, 2.45) is 0 Å². The van der Waals surface area contributed by atoms with Crippen LogP contribution in [0.25, 0.3) is 5.69 Å². The Labute approximate surface area is 131 Å². The topological polar surface area (TPSA) is 39.9 Å². The van der Waals surface area contributed by atoms with E-state index in [9.17, 15) is 0 Å². The van der Waals surface area contributed by atoms with Gasteiger partial charge in [0, 0.05) is 10.9 Å². The van der Waals surface area contributed by atoms with Crippen LogP contribution in [-0.2, 0) is 5.88 Å². The first kappa shape index (κ1) is 13.9. The first-order valence-corrected chi connectivity index (χ1v) is 7.17. The summed E-state index contributed by atoms with van der Waals surface area (Å²) in [5.41, 5.74) is 1.77. The zero-order chi connectivity index (χ0) is 14.7. The van der Waals surface area contributed by atoms with Crippen molar-refractivity contribution >= 4 is 23.2 Å². The van der Waals surface area contributed by atoms with Crippen LogP contribution in [0.5, 0.6) is 11.8 Å². The third-order valence-corrected chi connectivity index (χ3v) is 3.51. The highest BCUT2D eigenvalue weighted by atomic mass is 35.5. The van der Waals surface area contributed by atoms with Crippen molar-refractivity contribution < 1.29 is 4.74 Å². The Morgan fingerprint density at radius 3 is 2.62 bits per heavy atom. The van der Waals surface area contributed by atoms with Crippen LogP contribution in [0.3, 0.4) is 0 Å². The number of hydrogen-bond donors (Lipinski definition) is 0. The third-order valence-electron chi connectivity index (χ3n) is 2.87. The number of rotatable bonds is 4. The summed E-state index contributed by atoms with van der Waals surface area (Å²) in [5.74, 6) is 0.930. The highest BCUT2D eigenvalue weighted by Gasteiger charge is 2.07. The quantitative estimate of drug-likeness (QED) is 0.667. The highest BCUT2D eigenvalue weighted by Crippen LogP contribution is 2.26. The molecule has 4 nitrogen and oxygen atoms in total. The van der Waals surface area contributed by atoms with Gasteiger partial charge in [0.15, 0.2) is 0 Å². The molecule has 0 fully saturated rings. The van der Waals surface area contributed by atoms with Gasteiger partial charge in [-0.15, -0.1) is 16.7 Å². The number of alkyl halides is 1. The van der Waals surface area contributed by atoms with Crippen LogP contribution in [0.2, 0.25) is 5.02 Å². The third kappa shape index (κ3) is 3.17. The first-order valence-electron chi connectivity index (χ1n) is 6.25. The highest BCUT2D eigenvalue weighted by molar-refractivity contribution is 6.32. The van der Waals surface area contributed by atoms with E-state index in [0.29, 0.717) is 16.7 Å². The van der Waals surface area contributed by atoms with E-state index in [-0.39, 0.29) is 6.01 Å². The molecule has 0 aliphatic rings. The van der Waals surface area contributed by atoms with Crippen molar-refractivity contribution in [2.75, 3.05) is 0 Å². The van der Waals surface area contributed by atoms with Crippen molar-refractivity contribution in [1.29, 1.82) is 0 Å². The maximum Gasteiger partial charge on any atom is 0.341 e. The minimum absolute atomic E-state index is 0.258. The minimum atomic E-state index is 0.258. The van der Waals surface area contributed by atoms with E-state index in [1.807, 2.05) is 36.4 Å². The summed E-state index contributed by atoms with van der Waals surface area (Å²) in [5, 5.41) is 4.82. The van der Waals surface area contributed by atoms with E-state index >= 15 is 0 Å². The van der Waals surface area contributed by atoms with Gasteiger partial charge in [-0.25, -0.2) is 4.68 Å². The molecule has 0 radical (unpaired) electrons. The Morgan fingerprint density at radius 2 is 1.90 bits per heavy atom. The molecule has 0 saturated carbocycles. The Bertz CT molecular complexity index is 744. The maximum atomic E-state index is 6.09. The Kier molecular flexibility index (Phi) is 4.08. The van der Waals surface area contributed by atoms with Gasteiger partial charge >= 0.3 is 6.01 Å². The van der Waals surface area contributed by atoms with Gasteiger partial charge in [-0.2, -0.15) is 4.98 Å². The number of ether oxygens (including phenoxy) is 1. The summed E-state index contributed by atoms with van der Waals surface area (Å²) in [6, 6.07) is 15.2. The smallest absolute Gasteiger partial charge is 0.341 e. The van der Waals surface area contributed by atoms with Crippen LogP contribution >= 0.6 is 23.2 Å². The number of benzene rings is 2. The molecule has 3 rings (SSSR count). The standard InChI is InChI=1S/C15H11Cl2N3O/c16-9-11-6-7-13(8-14(11)17)21-15-18-10-20(19-15)12-4-2-1-3-5-12/h1-8,10H,9H2. The average molecular weight is 320 g/mol. The lowest BCUT2D eigenvalue weighted by atomic mass is 10.2. The molecule has 21 heavy (non-hydrogen) atoms. The second-order valence-electron chi connectivity index (χ2n) is 4.30. The lowest BCUT2D eigenvalue weighted by Gasteiger charge is -2.04. The number of hydrogen-bond acceptors (Lipinski definition) is 3. The lowest BCUT2D eigenvalue weighted by molar-refractivity contribution is 0.441. The second-order valence-corrected chi connectivity index (χ2v) is 4.97. The number of para-hydroxylation sites is 1. The van der Waals surface area contributed by atoms with Gasteiger partial charge in [-0.05, 0) is 29.8 Å². The number of aromatic nitrogens is 3. The van der Waals surface area contributed by atoms with Gasteiger partial charge in [-0.1, -0.05) is 35.9 Å². The summed E-state index contributed by atoms with van der Waals surface area (Å²) in [6.07, 6.45) is 1.60. The van der Waals surface area contributed by atoms with E-state index in [1.54, 1.807) is 23.1 Å². The van der Waals surface area contributed by atoms with Crippen LogP contribution in [0.4, 0.5) is 0 Å². The number of nitrogens with zero attached hydrogens (tertiary/aromatic N) is 3. The van der Waals surface area contributed by atoms with Crippen molar-refractivity contribution in [3.63, 3.8) is 0 Å². The summed E-state index contributed by atoms with van der Waals surface area (Å²) in [6.45, 7) is 0. The molecule has 6 heteroatoms. The molecule has 0 spiro atoms. The fourth-order valence-electron chi connectivity index (χ4n) is 1.81. The molecule has 0 N–H and O–H groups in total. The van der Waals surface area contributed by atoms with Gasteiger partial charge in [0.2, 0.25) is 0 Å². The molecule has 3 aromatic rings. The summed E-state index contributed by atoms with van der Waals surface area (Å²) in [7, 11) is 0. The van der Waals surface area contributed by atoms with Gasteiger partial charge in [0.1, 0.15) is 12.1 Å². The van der Waals surface area contributed by atoms with E-state index in [1.165, 1.54) is 0 Å². The minimum Gasteiger partial charge on any atom is -0.423 e. The SMILES string of the molecule is ClCc1ccc(Oc2ncn(-c3ccccc3)n2)cc1Cl. The molecular weight excluding hydrogens is 309 g/mol. The molecule has 0 saturated heterocycles. The van der Waals surface area contributed by atoms with E-state index in [2.05, 4.69) is 10.1 Å². The van der Waals surface area contributed by atoms with E-state index in [0.717, 1.165) is 11.3 Å². The fraction of sp³-hybridized carbons (Fsp3) is 0.0667. The molecule has 1 heterocycles. The predicted octanol–water partition coefficient (Wildman–Crippen LogP) is 4.45. The molecule has 0 amide bonds. The van der Waals surface area contributed by atoms with Crippen LogP contribution in [0, 0.1) is 0 Å². The van der Waals surface area contributed by atoms with Crippen LogP contribution < -0.4 is 4.74 Å². The molecular formula is C15H11Cl2N3O. The van der Waals surface area contributed by atoms with Crippen molar-refractivity contribution in [3.8, 4) is 17.4 Å². The zero-order valence-corrected chi connectivity index (χ0v) is 12.4. The molecule has 0 unspecified atom stereocenters. The molecule has 0 atom stereocenters. The Hall–Kier alpha value is -2.04. The first-order chi connectivity index (χ1) is 10.3. The number of halogens is 2. The van der Waals surface area contributed by atoms with Gasteiger partial charge in [0.05, 0.1) is 5.69 Å². The normalized spacial score (nSPS) is 10.6. The maximum absolute atomic E-state index is 6.09. The zero-order valence-electron chi connectivity index (χ0n) is 10.9. The van der Waals surface area contributed by atoms with Crippen molar-refractivity contribution in [3.05, 3.63) is 65.4 Å². The fourth-order valence-corrected chi connectivity index (χ4v) is 2.34. The van der Waals surface area contributed by atoms with E-state index in [4.69, 9.17) is 27.9 Å². The summed E-state index contributed by atoms with van der Waals surface area (Å²) in [4.78, 5) is 4.12. The van der Waals surface area contributed by atoms with Crippen LogP contribution in [0.15, 0.2) is 54.9 Å². The molecule has 0 aliphatic heterocycles. The molecule has 0 bridgehead atoms. The van der Waals surface area contributed by atoms with Gasteiger partial charge in [0.25, 0.3) is 0 Å². The average Bonchev–Trinajstić information content (AvgIpc) is 2.97. The second kappa shape index (κ2) is 6.16. The van der Waals surface area contributed by atoms with Crippen LogP contribution in [0.1, 0.15) is 5.56 Å². The lowest BCUT2D eigenvalue weighted by Crippen LogP contribution is -1.94. The van der Waals surface area contributed by atoms with Gasteiger partial charge < -0.3 is 4.74 Å². The summed E-state index contributed by atoms with van der Waals surface area (Å²) >= 11 is 11.8. The Morgan fingerprint density at radius 1 is 1.10 bits per heavy atom. The summed E-state index contributed by atoms with van der Waals surface area (Å²) < 4.78 is 7.23. The van der Waals surface area contributed by atoms with Gasteiger partial charge in [-0.3, -0.25) is 0 Å². The monoisotopic (exact) mass is 319 g/mol. The largest absolute Gasteiger partial charge is 0.423 e. The molecule has 106 valence electrons. The predicted molar refractivity (Wildman–Crippen MR) is 82.4 cm³/mol. The molecule has 2 aromatic carbocycles. The molecule has 0 aliphatic carbocycles. The van der Waals surface area contributed by atoms with Crippen molar-refractivity contribution in [1.82, 2.24) is 14.8 Å².